The lowest BCUT2D eigenvalue weighted by molar-refractivity contribution is -0.139. The quantitative estimate of drug-likeness (QED) is 0.195. The number of rotatable bonds is 8. The Kier molecular flexibility index (Phi) is 7.73. The number of oxime groups is 1. The largest absolute Gasteiger partial charge is 0.361 e. The van der Waals surface area contributed by atoms with Crippen LogP contribution in [-0.4, -0.2) is 17.5 Å². The standard InChI is InChI=1S/C27H27NO3S/c29-26(21-15-17-24(18-16-21)32-23-13-5-2-6-14-23)25(19-20-9-7-8-10-20)28-31-27(30)22-11-3-1-4-12-22/h1-3,5-6,11,13-18,20H,4,7-10,12,19H2/b28-25+. The van der Waals surface area contributed by atoms with Gasteiger partial charge in [-0.3, -0.25) is 4.79 Å². The number of hydrogen-bond acceptors (Lipinski definition) is 5. The summed E-state index contributed by atoms with van der Waals surface area (Å²) in [5.41, 5.74) is 1.49. The summed E-state index contributed by atoms with van der Waals surface area (Å²) in [5.74, 6) is -0.222. The highest BCUT2D eigenvalue weighted by molar-refractivity contribution is 7.99. The van der Waals surface area contributed by atoms with Crippen LogP contribution in [-0.2, 0) is 9.63 Å². The molecule has 164 valence electrons. The number of allylic oxidation sites excluding steroid dienone is 3. The summed E-state index contributed by atoms with van der Waals surface area (Å²) in [7, 11) is 0. The van der Waals surface area contributed by atoms with Crippen LogP contribution in [0.2, 0.25) is 0 Å². The second kappa shape index (κ2) is 11.1. The first-order chi connectivity index (χ1) is 15.7. The molecule has 4 nitrogen and oxygen atoms in total. The van der Waals surface area contributed by atoms with Crippen LogP contribution in [0.4, 0.5) is 0 Å². The lowest BCUT2D eigenvalue weighted by atomic mass is 9.96. The van der Waals surface area contributed by atoms with E-state index in [0.29, 0.717) is 35.6 Å². The number of benzene rings is 2. The van der Waals surface area contributed by atoms with Gasteiger partial charge in [0.2, 0.25) is 5.78 Å². The first-order valence-corrected chi connectivity index (χ1v) is 12.0. The molecule has 2 aromatic rings. The van der Waals surface area contributed by atoms with Gasteiger partial charge in [-0.05, 0) is 61.6 Å². The second-order valence-corrected chi connectivity index (χ2v) is 9.35. The average molecular weight is 446 g/mol. The van der Waals surface area contributed by atoms with E-state index in [9.17, 15) is 9.59 Å². The molecule has 2 aromatic carbocycles. The highest BCUT2D eigenvalue weighted by Gasteiger charge is 2.24. The predicted octanol–water partition coefficient (Wildman–Crippen LogP) is 6.78. The third kappa shape index (κ3) is 6.07. The third-order valence-electron chi connectivity index (χ3n) is 5.83. The van der Waals surface area contributed by atoms with Gasteiger partial charge in [0.1, 0.15) is 5.71 Å². The molecule has 0 bridgehead atoms. The molecule has 0 saturated heterocycles. The highest BCUT2D eigenvalue weighted by atomic mass is 32.2. The van der Waals surface area contributed by atoms with Crippen molar-refractivity contribution in [3.05, 3.63) is 84.0 Å². The smallest absolute Gasteiger partial charge is 0.313 e. The van der Waals surface area contributed by atoms with Crippen molar-refractivity contribution in [2.75, 3.05) is 0 Å². The Morgan fingerprint density at radius 1 is 0.969 bits per heavy atom. The first kappa shape index (κ1) is 22.3. The van der Waals surface area contributed by atoms with Crippen LogP contribution < -0.4 is 0 Å². The highest BCUT2D eigenvalue weighted by Crippen LogP contribution is 2.30. The lowest BCUT2D eigenvalue weighted by Gasteiger charge is -2.12. The summed E-state index contributed by atoms with van der Waals surface area (Å²) in [6, 6.07) is 17.7. The maximum atomic E-state index is 13.2. The monoisotopic (exact) mass is 445 g/mol. The normalized spacial score (nSPS) is 16.6. The zero-order valence-corrected chi connectivity index (χ0v) is 18.9. The average Bonchev–Trinajstić information content (AvgIpc) is 3.36. The molecule has 2 aliphatic carbocycles. The molecule has 0 heterocycles. The van der Waals surface area contributed by atoms with Gasteiger partial charge in [0, 0.05) is 20.9 Å². The van der Waals surface area contributed by atoms with Crippen LogP contribution in [0.3, 0.4) is 0 Å². The molecular weight excluding hydrogens is 418 g/mol. The molecule has 1 saturated carbocycles. The molecular formula is C27H27NO3S. The minimum atomic E-state index is -0.472. The number of hydrogen-bond donors (Lipinski definition) is 0. The third-order valence-corrected chi connectivity index (χ3v) is 6.84. The Balaban J connectivity index is 1.48. The van der Waals surface area contributed by atoms with Gasteiger partial charge in [0.15, 0.2) is 0 Å². The van der Waals surface area contributed by atoms with Crippen molar-refractivity contribution in [2.24, 2.45) is 11.1 Å². The van der Waals surface area contributed by atoms with Gasteiger partial charge in [-0.2, -0.15) is 0 Å². The molecule has 0 radical (unpaired) electrons. The number of ketones is 1. The number of carbonyl (C=O) groups is 2. The second-order valence-electron chi connectivity index (χ2n) is 8.20. The Labute approximate surface area is 193 Å². The summed E-state index contributed by atoms with van der Waals surface area (Å²) >= 11 is 1.65. The van der Waals surface area contributed by atoms with E-state index < -0.39 is 5.97 Å². The molecule has 0 amide bonds. The van der Waals surface area contributed by atoms with Gasteiger partial charge in [-0.15, -0.1) is 0 Å². The summed E-state index contributed by atoms with van der Waals surface area (Å²) in [5, 5.41) is 4.08. The fraction of sp³-hybridized carbons (Fsp3) is 0.296. The van der Waals surface area contributed by atoms with E-state index in [2.05, 4.69) is 17.3 Å². The van der Waals surface area contributed by atoms with E-state index in [4.69, 9.17) is 4.84 Å². The molecule has 1 fully saturated rings. The summed E-state index contributed by atoms with van der Waals surface area (Å²) in [6.45, 7) is 0. The molecule has 0 atom stereocenters. The minimum Gasteiger partial charge on any atom is -0.313 e. The molecule has 32 heavy (non-hydrogen) atoms. The Morgan fingerprint density at radius 2 is 1.69 bits per heavy atom. The minimum absolute atomic E-state index is 0.168. The molecule has 0 N–H and O–H groups in total. The number of Topliss-reactive ketones (excluding diaryl/α,β-unsaturated/α-hetero) is 1. The maximum Gasteiger partial charge on any atom is 0.361 e. The zero-order valence-electron chi connectivity index (χ0n) is 18.0. The van der Waals surface area contributed by atoms with E-state index >= 15 is 0 Å². The van der Waals surface area contributed by atoms with E-state index in [1.54, 1.807) is 17.8 Å². The van der Waals surface area contributed by atoms with Gasteiger partial charge in [0.05, 0.1) is 0 Å². The SMILES string of the molecule is O=C(O/N=C(\CC1CCCC1)C(=O)c1ccc(Sc2ccccc2)cc1)C1=CC=CCC1. The number of nitrogens with zero attached hydrogens (tertiary/aromatic N) is 1. The predicted molar refractivity (Wildman–Crippen MR) is 128 cm³/mol. The van der Waals surface area contributed by atoms with Crippen LogP contribution >= 0.6 is 11.8 Å². The van der Waals surface area contributed by atoms with Crippen molar-refractivity contribution in [3.8, 4) is 0 Å². The van der Waals surface area contributed by atoms with Crippen LogP contribution in [0, 0.1) is 5.92 Å². The first-order valence-electron chi connectivity index (χ1n) is 11.2. The van der Waals surface area contributed by atoms with Gasteiger partial charge in [-0.1, -0.05) is 79.0 Å². The number of carbonyl (C=O) groups excluding carboxylic acids is 2. The topological polar surface area (TPSA) is 55.7 Å². The molecule has 2 aliphatic rings. The summed E-state index contributed by atoms with van der Waals surface area (Å²) < 4.78 is 0. The molecule has 5 heteroatoms. The van der Waals surface area contributed by atoms with Crippen molar-refractivity contribution in [3.63, 3.8) is 0 Å². The zero-order chi connectivity index (χ0) is 22.2. The molecule has 0 spiro atoms. The van der Waals surface area contributed by atoms with Crippen LogP contribution in [0.25, 0.3) is 0 Å². The van der Waals surface area contributed by atoms with Crippen molar-refractivity contribution in [1.29, 1.82) is 0 Å². The van der Waals surface area contributed by atoms with E-state index in [1.807, 2.05) is 54.6 Å². The fourth-order valence-corrected chi connectivity index (χ4v) is 4.89. The maximum absolute atomic E-state index is 13.2. The fourth-order valence-electron chi connectivity index (χ4n) is 4.05. The van der Waals surface area contributed by atoms with Gasteiger partial charge in [-0.25, -0.2) is 4.79 Å². The summed E-state index contributed by atoms with van der Waals surface area (Å²) in [6.07, 6.45) is 12.1. The Bertz CT molecular complexity index is 1030. The van der Waals surface area contributed by atoms with Crippen molar-refractivity contribution in [2.45, 2.75) is 54.7 Å². The van der Waals surface area contributed by atoms with Crippen molar-refractivity contribution >= 4 is 29.2 Å². The van der Waals surface area contributed by atoms with E-state index in [1.165, 1.54) is 12.8 Å². The van der Waals surface area contributed by atoms with Gasteiger partial charge < -0.3 is 4.84 Å². The van der Waals surface area contributed by atoms with Crippen LogP contribution in [0.15, 0.2) is 93.3 Å². The molecule has 0 aromatic heterocycles. The van der Waals surface area contributed by atoms with Crippen LogP contribution in [0.1, 0.15) is 55.3 Å². The van der Waals surface area contributed by atoms with E-state index in [-0.39, 0.29) is 5.78 Å². The van der Waals surface area contributed by atoms with Crippen molar-refractivity contribution in [1.82, 2.24) is 0 Å². The van der Waals surface area contributed by atoms with Crippen LogP contribution in [0.5, 0.6) is 0 Å². The van der Waals surface area contributed by atoms with Gasteiger partial charge >= 0.3 is 5.97 Å². The molecule has 4 rings (SSSR count). The van der Waals surface area contributed by atoms with E-state index in [0.717, 1.165) is 29.1 Å². The van der Waals surface area contributed by atoms with Gasteiger partial charge in [0.25, 0.3) is 0 Å². The molecule has 0 unspecified atom stereocenters. The van der Waals surface area contributed by atoms with Crippen molar-refractivity contribution < 1.29 is 14.4 Å². The summed E-state index contributed by atoms with van der Waals surface area (Å²) in [4.78, 5) is 33.0. The lowest BCUT2D eigenvalue weighted by Crippen LogP contribution is -2.19. The Hall–Kier alpha value is -2.92. The Morgan fingerprint density at radius 3 is 2.38 bits per heavy atom. The molecule has 0 aliphatic heterocycles.